The molecule has 2 N–H and O–H groups in total. The van der Waals surface area contributed by atoms with Crippen molar-refractivity contribution in [3.8, 4) is 0 Å². The second-order valence-electron chi connectivity index (χ2n) is 5.71. The van der Waals surface area contributed by atoms with E-state index in [2.05, 4.69) is 27.4 Å². The van der Waals surface area contributed by atoms with E-state index in [-0.39, 0.29) is 0 Å². The van der Waals surface area contributed by atoms with Crippen LogP contribution < -0.4 is 5.32 Å². The number of thioether (sulfide) groups is 2. The van der Waals surface area contributed by atoms with Gasteiger partial charge in [0.15, 0.2) is 0 Å². The van der Waals surface area contributed by atoms with Crippen LogP contribution in [0.3, 0.4) is 0 Å². The van der Waals surface area contributed by atoms with E-state index in [0.29, 0.717) is 6.54 Å². The van der Waals surface area contributed by atoms with Gasteiger partial charge in [-0.2, -0.15) is 11.8 Å². The fourth-order valence-electron chi connectivity index (χ4n) is 2.42. The van der Waals surface area contributed by atoms with Crippen LogP contribution in [0.4, 0.5) is 5.82 Å². The number of aromatic nitrogens is 2. The van der Waals surface area contributed by atoms with Gasteiger partial charge in [-0.15, -0.1) is 11.8 Å². The first-order valence-corrected chi connectivity index (χ1v) is 9.90. The molecule has 23 heavy (non-hydrogen) atoms. The molecule has 1 aliphatic heterocycles. The van der Waals surface area contributed by atoms with Crippen LogP contribution in [0.2, 0.25) is 0 Å². The Labute approximate surface area is 145 Å². The van der Waals surface area contributed by atoms with Gasteiger partial charge < -0.3 is 10.4 Å². The molecule has 0 saturated carbocycles. The highest BCUT2D eigenvalue weighted by atomic mass is 32.2. The highest BCUT2D eigenvalue weighted by Crippen LogP contribution is 2.27. The van der Waals surface area contributed by atoms with Gasteiger partial charge >= 0.3 is 0 Å². The first-order chi connectivity index (χ1) is 11.2. The highest BCUT2D eigenvalue weighted by molar-refractivity contribution is 7.99. The molecule has 3 rings (SSSR count). The summed E-state index contributed by atoms with van der Waals surface area (Å²) in [5.74, 6) is 3.66. The number of anilines is 1. The lowest BCUT2D eigenvalue weighted by atomic mass is 9.97. The van der Waals surface area contributed by atoms with Crippen molar-refractivity contribution in [3.63, 3.8) is 0 Å². The molecule has 1 aliphatic rings. The first-order valence-electron chi connectivity index (χ1n) is 7.76. The molecule has 0 amide bonds. The summed E-state index contributed by atoms with van der Waals surface area (Å²) in [6.45, 7) is 0.537. The lowest BCUT2D eigenvalue weighted by molar-refractivity contribution is 0.0453. The summed E-state index contributed by atoms with van der Waals surface area (Å²) >= 11 is 3.58. The van der Waals surface area contributed by atoms with E-state index in [4.69, 9.17) is 0 Å². The van der Waals surface area contributed by atoms with E-state index in [1.165, 1.54) is 5.56 Å². The molecule has 1 aromatic carbocycles. The number of rotatable bonds is 6. The molecule has 0 aliphatic carbocycles. The fourth-order valence-corrected chi connectivity index (χ4v) is 4.48. The Morgan fingerprint density at radius 1 is 1.17 bits per heavy atom. The minimum absolute atomic E-state index is 0.537. The molecule has 6 heteroatoms. The van der Waals surface area contributed by atoms with Gasteiger partial charge in [0.1, 0.15) is 10.8 Å². The van der Waals surface area contributed by atoms with E-state index in [9.17, 15) is 5.11 Å². The first kappa shape index (κ1) is 16.6. The SMILES string of the molecule is OC1(CNc2cncc(SCc3ccccc3)n2)CCSCC1. The average molecular weight is 348 g/mol. The zero-order valence-corrected chi connectivity index (χ0v) is 14.6. The van der Waals surface area contributed by atoms with Crippen LogP contribution in [0.15, 0.2) is 47.8 Å². The molecule has 122 valence electrons. The van der Waals surface area contributed by atoms with Crippen molar-refractivity contribution in [3.05, 3.63) is 48.3 Å². The van der Waals surface area contributed by atoms with Crippen molar-refractivity contribution in [2.75, 3.05) is 23.4 Å². The lowest BCUT2D eigenvalue weighted by Gasteiger charge is -2.31. The minimum atomic E-state index is -0.611. The molecular weight excluding hydrogens is 326 g/mol. The van der Waals surface area contributed by atoms with E-state index in [1.807, 2.05) is 30.0 Å². The average Bonchev–Trinajstić information content (AvgIpc) is 2.60. The molecule has 2 heterocycles. The van der Waals surface area contributed by atoms with Crippen LogP contribution in [0.1, 0.15) is 18.4 Å². The van der Waals surface area contributed by atoms with Gasteiger partial charge in [-0.25, -0.2) is 4.98 Å². The van der Waals surface area contributed by atoms with Crippen molar-refractivity contribution >= 4 is 29.3 Å². The van der Waals surface area contributed by atoms with E-state index in [0.717, 1.165) is 40.9 Å². The number of nitrogens with one attached hydrogen (secondary N) is 1. The third kappa shape index (κ3) is 5.12. The maximum atomic E-state index is 10.5. The molecule has 0 radical (unpaired) electrons. The van der Waals surface area contributed by atoms with Crippen molar-refractivity contribution in [1.82, 2.24) is 9.97 Å². The largest absolute Gasteiger partial charge is 0.388 e. The van der Waals surface area contributed by atoms with Crippen molar-refractivity contribution in [2.24, 2.45) is 0 Å². The molecule has 1 fully saturated rings. The Morgan fingerprint density at radius 2 is 1.96 bits per heavy atom. The minimum Gasteiger partial charge on any atom is -0.388 e. The molecule has 0 bridgehead atoms. The fraction of sp³-hybridized carbons (Fsp3) is 0.412. The van der Waals surface area contributed by atoms with E-state index in [1.54, 1.807) is 24.2 Å². The van der Waals surface area contributed by atoms with Gasteiger partial charge in [0, 0.05) is 12.3 Å². The van der Waals surface area contributed by atoms with Crippen molar-refractivity contribution in [1.29, 1.82) is 0 Å². The third-order valence-corrected chi connectivity index (χ3v) is 5.82. The third-order valence-electron chi connectivity index (χ3n) is 3.86. The van der Waals surface area contributed by atoms with Crippen LogP contribution in [0, 0.1) is 0 Å². The Morgan fingerprint density at radius 3 is 2.74 bits per heavy atom. The van der Waals surface area contributed by atoms with Crippen LogP contribution >= 0.6 is 23.5 Å². The molecule has 0 unspecified atom stereocenters. The lowest BCUT2D eigenvalue weighted by Crippen LogP contribution is -2.40. The van der Waals surface area contributed by atoms with Gasteiger partial charge in [-0.3, -0.25) is 4.98 Å². The van der Waals surface area contributed by atoms with Gasteiger partial charge in [0.25, 0.3) is 0 Å². The second kappa shape index (κ2) is 8.04. The summed E-state index contributed by atoms with van der Waals surface area (Å²) in [7, 11) is 0. The van der Waals surface area contributed by atoms with Crippen LogP contribution in [0.5, 0.6) is 0 Å². The van der Waals surface area contributed by atoms with Gasteiger partial charge in [0.2, 0.25) is 0 Å². The van der Waals surface area contributed by atoms with Crippen molar-refractivity contribution < 1.29 is 5.11 Å². The Bertz CT molecular complexity index is 618. The van der Waals surface area contributed by atoms with E-state index < -0.39 is 5.60 Å². The molecule has 4 nitrogen and oxygen atoms in total. The van der Waals surface area contributed by atoms with Crippen molar-refractivity contribution in [2.45, 2.75) is 29.2 Å². The zero-order chi connectivity index (χ0) is 16.0. The summed E-state index contributed by atoms with van der Waals surface area (Å²) in [5, 5.41) is 14.7. The summed E-state index contributed by atoms with van der Waals surface area (Å²) < 4.78 is 0. The van der Waals surface area contributed by atoms with Crippen LogP contribution in [-0.4, -0.2) is 38.7 Å². The predicted octanol–water partition coefficient (Wildman–Crippen LogP) is 3.44. The topological polar surface area (TPSA) is 58.0 Å². The summed E-state index contributed by atoms with van der Waals surface area (Å²) in [5.41, 5.74) is 0.659. The maximum absolute atomic E-state index is 10.5. The quantitative estimate of drug-likeness (QED) is 0.781. The van der Waals surface area contributed by atoms with Gasteiger partial charge in [-0.05, 0) is 29.9 Å². The van der Waals surface area contributed by atoms with E-state index >= 15 is 0 Å². The highest BCUT2D eigenvalue weighted by Gasteiger charge is 2.29. The molecule has 0 spiro atoms. The smallest absolute Gasteiger partial charge is 0.145 e. The second-order valence-corrected chi connectivity index (χ2v) is 7.93. The molecule has 2 aromatic rings. The number of hydrogen-bond donors (Lipinski definition) is 2. The maximum Gasteiger partial charge on any atom is 0.145 e. The van der Waals surface area contributed by atoms with Gasteiger partial charge in [0.05, 0.1) is 18.0 Å². The Balaban J connectivity index is 1.54. The van der Waals surface area contributed by atoms with Crippen LogP contribution in [-0.2, 0) is 5.75 Å². The number of nitrogens with zero attached hydrogens (tertiary/aromatic N) is 2. The summed E-state index contributed by atoms with van der Waals surface area (Å²) in [4.78, 5) is 8.83. The molecule has 1 saturated heterocycles. The predicted molar refractivity (Wildman–Crippen MR) is 98.0 cm³/mol. The molecule has 1 aromatic heterocycles. The normalized spacial score (nSPS) is 16.9. The van der Waals surface area contributed by atoms with Gasteiger partial charge in [-0.1, -0.05) is 30.3 Å². The zero-order valence-electron chi connectivity index (χ0n) is 12.9. The standard InChI is InChI=1S/C17H21N3OS2/c21-17(6-8-22-9-7-17)13-19-15-10-18-11-16(20-15)23-12-14-4-2-1-3-5-14/h1-5,10-11,21H,6-9,12-13H2,(H,19,20). The number of aliphatic hydroxyl groups is 1. The summed E-state index contributed by atoms with van der Waals surface area (Å²) in [6, 6.07) is 10.3. The summed E-state index contributed by atoms with van der Waals surface area (Å²) in [6.07, 6.45) is 5.17. The Hall–Kier alpha value is -1.24. The number of benzene rings is 1. The monoisotopic (exact) mass is 347 g/mol. The Kier molecular flexibility index (Phi) is 5.80. The number of hydrogen-bond acceptors (Lipinski definition) is 6. The van der Waals surface area contributed by atoms with Crippen LogP contribution in [0.25, 0.3) is 0 Å². The molecule has 0 atom stereocenters. The molecular formula is C17H21N3OS2.